The lowest BCUT2D eigenvalue weighted by molar-refractivity contribution is -0.118. The first-order valence-electron chi connectivity index (χ1n) is 9.70. The van der Waals surface area contributed by atoms with Gasteiger partial charge in [0.05, 0.1) is 12.0 Å². The third-order valence-corrected chi connectivity index (χ3v) is 5.73. The molecular weight excluding hydrogens is 366 g/mol. The highest BCUT2D eigenvalue weighted by Gasteiger charge is 2.51. The molecule has 1 heterocycles. The van der Waals surface area contributed by atoms with Crippen LogP contribution in [0.15, 0.2) is 66.7 Å². The van der Waals surface area contributed by atoms with Crippen molar-refractivity contribution in [2.45, 2.75) is 24.9 Å². The van der Waals surface area contributed by atoms with Crippen molar-refractivity contribution in [2.75, 3.05) is 12.1 Å². The fourth-order valence-corrected chi connectivity index (χ4v) is 3.90. The molecule has 2 aliphatic rings. The van der Waals surface area contributed by atoms with Crippen LogP contribution in [0.25, 0.3) is 11.1 Å². The fraction of sp³-hybridized carbons (Fsp3) is 0.208. The predicted molar refractivity (Wildman–Crippen MR) is 114 cm³/mol. The van der Waals surface area contributed by atoms with Crippen LogP contribution < -0.4 is 14.8 Å². The van der Waals surface area contributed by atoms with Gasteiger partial charge in [0.2, 0.25) is 12.7 Å². The van der Waals surface area contributed by atoms with E-state index in [9.17, 15) is 9.90 Å². The van der Waals surface area contributed by atoms with Crippen LogP contribution in [-0.4, -0.2) is 17.8 Å². The topological polar surface area (TPSA) is 67.8 Å². The van der Waals surface area contributed by atoms with Crippen molar-refractivity contribution in [1.29, 1.82) is 0 Å². The van der Waals surface area contributed by atoms with Gasteiger partial charge in [0, 0.05) is 8.54 Å². The zero-order chi connectivity index (χ0) is 19.8. The summed E-state index contributed by atoms with van der Waals surface area (Å²) in [5.41, 5.74) is 3.89. The second-order valence-corrected chi connectivity index (χ2v) is 7.50. The number of benzene rings is 3. The first-order chi connectivity index (χ1) is 14.2. The molecule has 2 N–H and O–H groups in total. The van der Waals surface area contributed by atoms with Crippen LogP contribution in [0.2, 0.25) is 0 Å². The van der Waals surface area contributed by atoms with Crippen LogP contribution >= 0.6 is 0 Å². The van der Waals surface area contributed by atoms with Crippen LogP contribution in [0.3, 0.4) is 0 Å². The van der Waals surface area contributed by atoms with Gasteiger partial charge in [-0.3, -0.25) is 4.79 Å². The van der Waals surface area contributed by atoms with Gasteiger partial charge in [-0.1, -0.05) is 42.5 Å². The van der Waals surface area contributed by atoms with E-state index in [2.05, 4.69) is 5.32 Å². The Morgan fingerprint density at radius 1 is 1.00 bits per heavy atom. The van der Waals surface area contributed by atoms with Gasteiger partial charge in [0.25, 0.3) is 0 Å². The molecule has 150 valence electrons. The van der Waals surface area contributed by atoms with E-state index in [0.29, 0.717) is 5.75 Å². The summed E-state index contributed by atoms with van der Waals surface area (Å²) in [5, 5.41) is 12.8. The zero-order valence-electron chi connectivity index (χ0n) is 15.9. The summed E-state index contributed by atoms with van der Waals surface area (Å²) in [6.45, 7) is 0.164. The van der Waals surface area contributed by atoms with Crippen LogP contribution in [0.5, 0.6) is 11.5 Å². The van der Waals surface area contributed by atoms with E-state index in [0.717, 1.165) is 46.5 Å². The minimum absolute atomic E-state index is 0. The molecule has 5 heteroatoms. The Balaban J connectivity index is 0.00000136. The number of carbonyl (C=O) groups is 1. The third kappa shape index (κ3) is 3.13. The van der Waals surface area contributed by atoms with Gasteiger partial charge in [-0.05, 0) is 59.4 Å². The predicted octanol–water partition coefficient (Wildman–Crippen LogP) is 4.74. The Morgan fingerprint density at radius 2 is 1.79 bits per heavy atom. The molecule has 3 aromatic carbocycles. The number of anilines is 1. The van der Waals surface area contributed by atoms with E-state index < -0.39 is 5.41 Å². The Kier molecular flexibility index (Phi) is 4.25. The molecule has 0 atom stereocenters. The highest BCUT2D eigenvalue weighted by atomic mass is 16.7. The van der Waals surface area contributed by atoms with Crippen LogP contribution in [-0.2, 0) is 16.8 Å². The Morgan fingerprint density at radius 3 is 2.55 bits per heavy atom. The molecule has 0 spiro atoms. The molecule has 0 unspecified atom stereocenters. The average Bonchev–Trinajstić information content (AvgIpc) is 3.45. The molecule has 1 aliphatic heterocycles. The molecular formula is C24H25NO4. The molecule has 3 aromatic rings. The molecule has 1 fully saturated rings. The molecule has 1 amide bonds. The maximum atomic E-state index is 13.2. The average molecular weight is 391 g/mol. The molecule has 0 aromatic heterocycles. The number of ether oxygens (including phenoxy) is 2. The van der Waals surface area contributed by atoms with Gasteiger partial charge in [-0.15, -0.1) is 0 Å². The number of nitrogens with one attached hydrogen (secondary N) is 1. The summed E-state index contributed by atoms with van der Waals surface area (Å²) >= 11 is 0. The molecule has 0 saturated heterocycles. The number of amides is 1. The summed E-state index contributed by atoms with van der Waals surface area (Å²) in [5.74, 6) is 1.39. The Labute approximate surface area is 171 Å². The summed E-state index contributed by atoms with van der Waals surface area (Å²) in [6, 6.07) is 21.2. The second-order valence-electron chi connectivity index (χ2n) is 7.50. The lowest BCUT2D eigenvalue weighted by Crippen LogP contribution is -2.27. The largest absolute Gasteiger partial charge is 0.454 e. The zero-order valence-corrected chi connectivity index (χ0v) is 15.9. The summed E-state index contributed by atoms with van der Waals surface area (Å²) in [7, 11) is 0. The van der Waals surface area contributed by atoms with Crippen LogP contribution in [0.1, 0.15) is 26.8 Å². The van der Waals surface area contributed by atoms with E-state index in [1.165, 1.54) is 0 Å². The number of aliphatic hydroxyl groups is 1. The van der Waals surface area contributed by atoms with Crippen LogP contribution in [0, 0.1) is 0 Å². The number of hydrogen-bond donors (Lipinski definition) is 2. The quantitative estimate of drug-likeness (QED) is 0.659. The Bertz CT molecular complexity index is 1080. The van der Waals surface area contributed by atoms with E-state index >= 15 is 0 Å². The fourth-order valence-electron chi connectivity index (χ4n) is 3.90. The molecule has 5 rings (SSSR count). The first-order valence-corrected chi connectivity index (χ1v) is 9.70. The van der Waals surface area contributed by atoms with Crippen molar-refractivity contribution in [2.24, 2.45) is 0 Å². The van der Waals surface area contributed by atoms with Crippen molar-refractivity contribution in [3.05, 3.63) is 77.9 Å². The number of fused-ring (bicyclic) bond motifs is 1. The number of aliphatic hydroxyl groups excluding tert-OH is 1. The van der Waals surface area contributed by atoms with Gasteiger partial charge in [0.1, 0.15) is 0 Å². The molecule has 1 saturated carbocycles. The third-order valence-electron chi connectivity index (χ3n) is 5.73. The van der Waals surface area contributed by atoms with E-state index in [-0.39, 0.29) is 22.2 Å². The van der Waals surface area contributed by atoms with Crippen molar-refractivity contribution < 1.29 is 22.2 Å². The van der Waals surface area contributed by atoms with Crippen molar-refractivity contribution in [3.63, 3.8) is 0 Å². The lowest BCUT2D eigenvalue weighted by Gasteiger charge is -2.17. The van der Waals surface area contributed by atoms with Gasteiger partial charge >= 0.3 is 0 Å². The minimum atomic E-state index is -0.524. The highest BCUT2D eigenvalue weighted by Crippen LogP contribution is 2.51. The van der Waals surface area contributed by atoms with Gasteiger partial charge in [-0.2, -0.15) is 0 Å². The monoisotopic (exact) mass is 391 g/mol. The first kappa shape index (κ1) is 17.8. The summed E-state index contributed by atoms with van der Waals surface area (Å²) < 4.78 is 10.8. The van der Waals surface area contributed by atoms with Gasteiger partial charge in [0.15, 0.2) is 11.5 Å². The molecule has 29 heavy (non-hydrogen) atoms. The van der Waals surface area contributed by atoms with E-state index in [4.69, 9.17) is 9.47 Å². The van der Waals surface area contributed by atoms with E-state index in [1.807, 2.05) is 66.7 Å². The van der Waals surface area contributed by atoms with E-state index in [1.54, 1.807) is 0 Å². The highest BCUT2D eigenvalue weighted by molar-refractivity contribution is 6.02. The maximum Gasteiger partial charge on any atom is 0.235 e. The summed E-state index contributed by atoms with van der Waals surface area (Å²) in [4.78, 5) is 13.2. The molecule has 5 nitrogen and oxygen atoms in total. The number of rotatable bonds is 5. The maximum absolute atomic E-state index is 13.2. The number of hydrogen-bond acceptors (Lipinski definition) is 4. The normalized spacial score (nSPS) is 15.8. The van der Waals surface area contributed by atoms with Crippen LogP contribution in [0.4, 0.5) is 5.69 Å². The molecule has 0 radical (unpaired) electrons. The SMILES string of the molecule is O=C(Nc1ccc(CO)c(-c2ccccc2)c1)C1(c2ccc3c(c2)OCO3)CC1.[HH].[HH]. The lowest BCUT2D eigenvalue weighted by atomic mass is 9.94. The van der Waals surface area contributed by atoms with Crippen molar-refractivity contribution in [1.82, 2.24) is 0 Å². The summed E-state index contributed by atoms with van der Waals surface area (Å²) in [6.07, 6.45) is 1.61. The van der Waals surface area contributed by atoms with Gasteiger partial charge in [-0.25, -0.2) is 0 Å². The molecule has 0 bridgehead atoms. The number of carbonyl (C=O) groups excluding carboxylic acids is 1. The molecule has 1 aliphatic carbocycles. The standard InChI is InChI=1S/C24H21NO4.2H2/c26-14-17-6-8-19(13-20(17)16-4-2-1-3-5-16)25-23(27)24(10-11-24)18-7-9-21-22(12-18)29-15-28-21;;/h1-9,12-13,26H,10-11,14-15H2,(H,25,27);2*1H. The second kappa shape index (κ2) is 6.94. The minimum Gasteiger partial charge on any atom is -0.454 e. The van der Waals surface area contributed by atoms with Crippen molar-refractivity contribution >= 4 is 11.6 Å². The smallest absolute Gasteiger partial charge is 0.235 e. The Hall–Kier alpha value is -3.31. The van der Waals surface area contributed by atoms with Gasteiger partial charge < -0.3 is 19.9 Å². The van der Waals surface area contributed by atoms with Crippen molar-refractivity contribution in [3.8, 4) is 22.6 Å².